The molecule has 0 aliphatic carbocycles. The molecule has 0 radical (unpaired) electrons. The number of nitro benzene ring substituents is 1. The maximum atomic E-state index is 11.7. The highest BCUT2D eigenvalue weighted by Crippen LogP contribution is 2.22. The third-order valence-electron chi connectivity index (χ3n) is 2.63. The fourth-order valence-electron chi connectivity index (χ4n) is 1.63. The summed E-state index contributed by atoms with van der Waals surface area (Å²) < 4.78 is 4.81. The van der Waals surface area contributed by atoms with E-state index in [1.54, 1.807) is 6.07 Å². The first kappa shape index (κ1) is 15.1. The van der Waals surface area contributed by atoms with Crippen LogP contribution in [0, 0.1) is 10.1 Å². The standard InChI is InChI=1S/C14H11N3O5/c18-13(9-22-14(19)10-5-7-15-8-6-10)16-11-3-1-2-4-12(11)17(20)21/h1-8H,9H2,(H,16,18). The SMILES string of the molecule is O=C(COC(=O)c1ccncc1)Nc1ccccc1[N+](=O)[O-]. The van der Waals surface area contributed by atoms with Gasteiger partial charge in [0, 0.05) is 18.5 Å². The van der Waals surface area contributed by atoms with Crippen molar-refractivity contribution in [2.45, 2.75) is 0 Å². The van der Waals surface area contributed by atoms with E-state index in [-0.39, 0.29) is 16.9 Å². The first-order valence-corrected chi connectivity index (χ1v) is 6.18. The minimum atomic E-state index is -0.680. The number of nitro groups is 1. The third-order valence-corrected chi connectivity index (χ3v) is 2.63. The highest BCUT2D eigenvalue weighted by molar-refractivity contribution is 5.96. The normalized spacial score (nSPS) is 9.82. The first-order valence-electron chi connectivity index (χ1n) is 6.18. The van der Waals surface area contributed by atoms with E-state index >= 15 is 0 Å². The van der Waals surface area contributed by atoms with Crippen molar-refractivity contribution < 1.29 is 19.2 Å². The van der Waals surface area contributed by atoms with Gasteiger partial charge in [-0.3, -0.25) is 19.9 Å². The Morgan fingerprint density at radius 3 is 2.55 bits per heavy atom. The number of hydrogen-bond donors (Lipinski definition) is 1. The van der Waals surface area contributed by atoms with E-state index in [4.69, 9.17) is 4.74 Å². The number of ether oxygens (including phenoxy) is 1. The van der Waals surface area contributed by atoms with Gasteiger partial charge >= 0.3 is 5.97 Å². The molecule has 0 saturated heterocycles. The zero-order chi connectivity index (χ0) is 15.9. The van der Waals surface area contributed by atoms with Gasteiger partial charge in [-0.2, -0.15) is 0 Å². The van der Waals surface area contributed by atoms with Crippen LogP contribution in [0.5, 0.6) is 0 Å². The van der Waals surface area contributed by atoms with E-state index in [9.17, 15) is 19.7 Å². The summed E-state index contributed by atoms with van der Waals surface area (Å²) in [6.07, 6.45) is 2.84. The number of pyridine rings is 1. The van der Waals surface area contributed by atoms with Gasteiger partial charge in [0.2, 0.25) is 0 Å². The molecule has 112 valence electrons. The summed E-state index contributed by atoms with van der Waals surface area (Å²) in [5.41, 5.74) is 0.0577. The summed E-state index contributed by atoms with van der Waals surface area (Å²) in [6.45, 7) is -0.548. The maximum Gasteiger partial charge on any atom is 0.338 e. The molecule has 0 bridgehead atoms. The van der Waals surface area contributed by atoms with Crippen molar-refractivity contribution in [2.24, 2.45) is 0 Å². The Morgan fingerprint density at radius 2 is 1.86 bits per heavy atom. The maximum absolute atomic E-state index is 11.7. The molecule has 0 saturated carbocycles. The van der Waals surface area contributed by atoms with Crippen LogP contribution < -0.4 is 5.32 Å². The predicted octanol–water partition coefficient (Wildman–Crippen LogP) is 1.79. The first-order chi connectivity index (χ1) is 10.6. The number of amides is 1. The minimum Gasteiger partial charge on any atom is -0.452 e. The van der Waals surface area contributed by atoms with Crippen molar-refractivity contribution in [3.63, 3.8) is 0 Å². The van der Waals surface area contributed by atoms with Crippen molar-refractivity contribution in [2.75, 3.05) is 11.9 Å². The summed E-state index contributed by atoms with van der Waals surface area (Å²) in [7, 11) is 0. The van der Waals surface area contributed by atoms with Gasteiger partial charge in [-0.05, 0) is 18.2 Å². The average Bonchev–Trinajstić information content (AvgIpc) is 2.53. The van der Waals surface area contributed by atoms with Crippen molar-refractivity contribution in [3.05, 3.63) is 64.5 Å². The monoisotopic (exact) mass is 301 g/mol. The zero-order valence-electron chi connectivity index (χ0n) is 11.3. The number of nitrogens with one attached hydrogen (secondary N) is 1. The third kappa shape index (κ3) is 3.85. The molecule has 1 amide bonds. The molecule has 8 nitrogen and oxygen atoms in total. The van der Waals surface area contributed by atoms with Gasteiger partial charge in [-0.1, -0.05) is 12.1 Å². The predicted molar refractivity (Wildman–Crippen MR) is 76.2 cm³/mol. The van der Waals surface area contributed by atoms with Gasteiger partial charge in [-0.25, -0.2) is 4.79 Å². The van der Waals surface area contributed by atoms with Crippen molar-refractivity contribution in [3.8, 4) is 0 Å². The lowest BCUT2D eigenvalue weighted by molar-refractivity contribution is -0.383. The highest BCUT2D eigenvalue weighted by Gasteiger charge is 2.16. The number of anilines is 1. The molecule has 0 spiro atoms. The molecular weight excluding hydrogens is 290 g/mol. The smallest absolute Gasteiger partial charge is 0.338 e. The van der Waals surface area contributed by atoms with E-state index in [1.165, 1.54) is 42.7 Å². The van der Waals surface area contributed by atoms with Gasteiger partial charge < -0.3 is 10.1 Å². The van der Waals surface area contributed by atoms with Crippen LogP contribution in [0.2, 0.25) is 0 Å². The summed E-state index contributed by atoms with van der Waals surface area (Å²) >= 11 is 0. The molecule has 2 aromatic rings. The molecule has 2 rings (SSSR count). The Bertz CT molecular complexity index is 703. The molecule has 22 heavy (non-hydrogen) atoms. The summed E-state index contributed by atoms with van der Waals surface area (Å²) in [5, 5.41) is 13.1. The van der Waals surface area contributed by atoms with E-state index in [0.717, 1.165) is 0 Å². The molecule has 1 aromatic heterocycles. The Morgan fingerprint density at radius 1 is 1.18 bits per heavy atom. The number of hydrogen-bond acceptors (Lipinski definition) is 6. The van der Waals surface area contributed by atoms with Crippen LogP contribution in [0.3, 0.4) is 0 Å². The van der Waals surface area contributed by atoms with E-state index < -0.39 is 23.4 Å². The summed E-state index contributed by atoms with van der Waals surface area (Å²) in [6, 6.07) is 8.58. The lowest BCUT2D eigenvalue weighted by atomic mass is 10.2. The van der Waals surface area contributed by atoms with Gasteiger partial charge in [-0.15, -0.1) is 0 Å². The van der Waals surface area contributed by atoms with Crippen LogP contribution in [0.25, 0.3) is 0 Å². The average molecular weight is 301 g/mol. The molecule has 1 aromatic carbocycles. The number of aromatic nitrogens is 1. The van der Waals surface area contributed by atoms with Crippen LogP contribution in [0.15, 0.2) is 48.8 Å². The van der Waals surface area contributed by atoms with E-state index in [1.807, 2.05) is 0 Å². The van der Waals surface area contributed by atoms with E-state index in [2.05, 4.69) is 10.3 Å². The van der Waals surface area contributed by atoms with Crippen molar-refractivity contribution in [1.82, 2.24) is 4.98 Å². The molecule has 1 heterocycles. The molecule has 0 atom stereocenters. The lowest BCUT2D eigenvalue weighted by Crippen LogP contribution is -2.21. The number of carbonyl (C=O) groups is 2. The molecule has 0 aliphatic rings. The summed E-state index contributed by atoms with van der Waals surface area (Å²) in [4.78, 5) is 37.3. The second-order valence-corrected chi connectivity index (χ2v) is 4.13. The van der Waals surface area contributed by atoms with Crippen LogP contribution in [0.4, 0.5) is 11.4 Å². The Labute approximate surface area is 124 Å². The molecule has 0 fully saturated rings. The minimum absolute atomic E-state index is 0.0393. The Kier molecular flexibility index (Phi) is 4.76. The Hall–Kier alpha value is -3.29. The Balaban J connectivity index is 1.94. The number of benzene rings is 1. The van der Waals surface area contributed by atoms with Crippen LogP contribution in [-0.4, -0.2) is 28.4 Å². The van der Waals surface area contributed by atoms with Crippen LogP contribution >= 0.6 is 0 Å². The summed E-state index contributed by atoms with van der Waals surface area (Å²) in [5.74, 6) is -1.35. The molecular formula is C14H11N3O5. The van der Waals surface area contributed by atoms with Crippen LogP contribution in [0.1, 0.15) is 10.4 Å². The van der Waals surface area contributed by atoms with Crippen molar-refractivity contribution in [1.29, 1.82) is 0 Å². The second kappa shape index (κ2) is 6.93. The topological polar surface area (TPSA) is 111 Å². The number of nitrogens with zero attached hydrogens (tertiary/aromatic N) is 2. The fourth-order valence-corrected chi connectivity index (χ4v) is 1.63. The van der Waals surface area contributed by atoms with Gasteiger partial charge in [0.05, 0.1) is 10.5 Å². The van der Waals surface area contributed by atoms with E-state index in [0.29, 0.717) is 0 Å². The largest absolute Gasteiger partial charge is 0.452 e. The molecule has 8 heteroatoms. The second-order valence-electron chi connectivity index (χ2n) is 4.13. The lowest BCUT2D eigenvalue weighted by Gasteiger charge is -2.07. The van der Waals surface area contributed by atoms with Gasteiger partial charge in [0.25, 0.3) is 11.6 Å². The number of carbonyl (C=O) groups excluding carboxylic acids is 2. The van der Waals surface area contributed by atoms with Gasteiger partial charge in [0.15, 0.2) is 6.61 Å². The highest BCUT2D eigenvalue weighted by atomic mass is 16.6. The number of rotatable bonds is 5. The molecule has 1 N–H and O–H groups in total. The molecule has 0 unspecified atom stereocenters. The van der Waals surface area contributed by atoms with Gasteiger partial charge in [0.1, 0.15) is 5.69 Å². The molecule has 0 aliphatic heterocycles. The van der Waals surface area contributed by atoms with Crippen LogP contribution in [-0.2, 0) is 9.53 Å². The quantitative estimate of drug-likeness (QED) is 0.512. The number of esters is 1. The fraction of sp³-hybridized carbons (Fsp3) is 0.0714. The number of para-hydroxylation sites is 2. The zero-order valence-corrected chi connectivity index (χ0v) is 11.3. The van der Waals surface area contributed by atoms with Crippen molar-refractivity contribution >= 4 is 23.3 Å².